The lowest BCUT2D eigenvalue weighted by Gasteiger charge is -2.16. The molecular weight excluding hydrogens is 409 g/mol. The van der Waals surface area contributed by atoms with E-state index >= 15 is 0 Å². The highest BCUT2D eigenvalue weighted by molar-refractivity contribution is 7.89. The fraction of sp³-hybridized carbons (Fsp3) is 0.529. The van der Waals surface area contributed by atoms with Gasteiger partial charge in [-0.1, -0.05) is 17.7 Å². The van der Waals surface area contributed by atoms with E-state index < -0.39 is 26.8 Å². The molecule has 0 radical (unpaired) electrons. The highest BCUT2D eigenvalue weighted by Crippen LogP contribution is 2.23. The van der Waals surface area contributed by atoms with Gasteiger partial charge in [0.2, 0.25) is 10.0 Å². The van der Waals surface area contributed by atoms with Gasteiger partial charge in [-0.05, 0) is 39.1 Å². The Morgan fingerprint density at radius 3 is 2.82 bits per heavy atom. The molecule has 1 aliphatic heterocycles. The molecule has 0 spiro atoms. The van der Waals surface area contributed by atoms with E-state index in [1.807, 2.05) is 19.0 Å². The summed E-state index contributed by atoms with van der Waals surface area (Å²) in [6.07, 6.45) is 1.33. The van der Waals surface area contributed by atoms with Crippen molar-refractivity contribution in [2.75, 3.05) is 20.6 Å². The average molecular weight is 432 g/mol. The standard InChI is InChI=1S/C17H23ClFN5O3S/c1-22(2)10-11-24-17(25)23-9-8-12(6-7-15(23)20-24)21-28(26,27)14-5-3-4-13(18)16(14)19/h3-5,12,21H,6-11H2,1-2H3. The maximum Gasteiger partial charge on any atom is 0.345 e. The predicted molar refractivity (Wildman–Crippen MR) is 103 cm³/mol. The molecule has 2 aromatic rings. The number of halogens is 2. The lowest BCUT2D eigenvalue weighted by Crippen LogP contribution is -2.36. The van der Waals surface area contributed by atoms with Gasteiger partial charge < -0.3 is 4.90 Å². The molecule has 11 heteroatoms. The molecule has 1 aliphatic rings. The fourth-order valence-electron chi connectivity index (χ4n) is 3.16. The van der Waals surface area contributed by atoms with E-state index in [4.69, 9.17) is 11.6 Å². The van der Waals surface area contributed by atoms with Crippen LogP contribution in [-0.2, 0) is 29.5 Å². The van der Waals surface area contributed by atoms with Crippen molar-refractivity contribution in [3.63, 3.8) is 0 Å². The number of benzene rings is 1. The molecule has 2 heterocycles. The number of nitrogens with one attached hydrogen (secondary N) is 1. The summed E-state index contributed by atoms with van der Waals surface area (Å²) < 4.78 is 44.8. The first-order chi connectivity index (χ1) is 13.2. The summed E-state index contributed by atoms with van der Waals surface area (Å²) in [4.78, 5) is 14.0. The number of aromatic nitrogens is 3. The van der Waals surface area contributed by atoms with Crippen molar-refractivity contribution < 1.29 is 12.8 Å². The van der Waals surface area contributed by atoms with Crippen LogP contribution in [0.4, 0.5) is 4.39 Å². The Bertz CT molecular complexity index is 1020. The second-order valence-corrected chi connectivity index (χ2v) is 9.16. The SMILES string of the molecule is CN(C)CCn1nc2n(c1=O)CCC(NS(=O)(=O)c1cccc(Cl)c1F)CC2. The average Bonchev–Trinajstić information content (AvgIpc) is 2.79. The Kier molecular flexibility index (Phi) is 6.23. The van der Waals surface area contributed by atoms with Crippen LogP contribution in [0, 0.1) is 5.82 Å². The maximum absolute atomic E-state index is 14.1. The van der Waals surface area contributed by atoms with Crippen LogP contribution >= 0.6 is 11.6 Å². The molecule has 0 fully saturated rings. The number of sulfonamides is 1. The number of nitrogens with zero attached hydrogens (tertiary/aromatic N) is 4. The topological polar surface area (TPSA) is 89.2 Å². The third kappa shape index (κ3) is 4.45. The van der Waals surface area contributed by atoms with E-state index in [-0.39, 0.29) is 10.7 Å². The first-order valence-electron chi connectivity index (χ1n) is 8.96. The Balaban J connectivity index is 1.72. The minimum atomic E-state index is -4.06. The number of hydrogen-bond acceptors (Lipinski definition) is 5. The fourth-order valence-corrected chi connectivity index (χ4v) is 4.80. The van der Waals surface area contributed by atoms with Gasteiger partial charge in [-0.3, -0.25) is 4.57 Å². The molecule has 0 saturated carbocycles. The molecule has 1 unspecified atom stereocenters. The minimum absolute atomic E-state index is 0.193. The molecule has 0 amide bonds. The normalized spacial score (nSPS) is 17.5. The molecule has 0 aliphatic carbocycles. The van der Waals surface area contributed by atoms with E-state index in [1.165, 1.54) is 22.9 Å². The third-order valence-corrected chi connectivity index (χ3v) is 6.53. The summed E-state index contributed by atoms with van der Waals surface area (Å²) in [7, 11) is -0.220. The van der Waals surface area contributed by atoms with Crippen LogP contribution in [0.2, 0.25) is 5.02 Å². The van der Waals surface area contributed by atoms with Gasteiger partial charge in [-0.25, -0.2) is 27.0 Å². The van der Waals surface area contributed by atoms with E-state index in [9.17, 15) is 17.6 Å². The van der Waals surface area contributed by atoms with Crippen molar-refractivity contribution in [1.82, 2.24) is 24.0 Å². The summed E-state index contributed by atoms with van der Waals surface area (Å²) in [6, 6.07) is 3.43. The Labute approximate surface area is 168 Å². The molecule has 28 heavy (non-hydrogen) atoms. The van der Waals surface area contributed by atoms with Crippen molar-refractivity contribution >= 4 is 21.6 Å². The largest absolute Gasteiger partial charge is 0.345 e. The molecule has 3 rings (SSSR count). The number of aryl methyl sites for hydroxylation is 1. The first-order valence-corrected chi connectivity index (χ1v) is 10.8. The van der Waals surface area contributed by atoms with E-state index in [2.05, 4.69) is 9.82 Å². The second kappa shape index (κ2) is 8.32. The van der Waals surface area contributed by atoms with Gasteiger partial charge in [0.25, 0.3) is 0 Å². The molecule has 0 saturated heterocycles. The number of hydrogen-bond donors (Lipinski definition) is 1. The van der Waals surface area contributed by atoms with Crippen molar-refractivity contribution in [1.29, 1.82) is 0 Å². The van der Waals surface area contributed by atoms with Crippen LogP contribution in [0.5, 0.6) is 0 Å². The molecule has 1 aromatic heterocycles. The van der Waals surface area contributed by atoms with E-state index in [0.29, 0.717) is 44.7 Å². The highest BCUT2D eigenvalue weighted by atomic mass is 35.5. The molecule has 1 aromatic carbocycles. The predicted octanol–water partition coefficient (Wildman–Crippen LogP) is 1.08. The first kappa shape index (κ1) is 21.0. The number of rotatable bonds is 6. The van der Waals surface area contributed by atoms with E-state index in [0.717, 1.165) is 0 Å². The molecule has 154 valence electrons. The number of likely N-dealkylation sites (N-methyl/N-ethyl adjacent to an activating group) is 1. The zero-order valence-corrected chi connectivity index (χ0v) is 17.3. The van der Waals surface area contributed by atoms with Crippen LogP contribution < -0.4 is 10.4 Å². The van der Waals surface area contributed by atoms with Crippen LogP contribution in [0.15, 0.2) is 27.9 Å². The lowest BCUT2D eigenvalue weighted by molar-refractivity contribution is 0.367. The van der Waals surface area contributed by atoms with Crippen molar-refractivity contribution in [3.8, 4) is 0 Å². The second-order valence-electron chi connectivity index (χ2n) is 7.07. The lowest BCUT2D eigenvalue weighted by atomic mass is 10.1. The van der Waals surface area contributed by atoms with Gasteiger partial charge in [0.1, 0.15) is 10.7 Å². The minimum Gasteiger partial charge on any atom is -0.308 e. The van der Waals surface area contributed by atoms with Gasteiger partial charge in [-0.2, -0.15) is 5.10 Å². The summed E-state index contributed by atoms with van der Waals surface area (Å²) >= 11 is 5.69. The smallest absolute Gasteiger partial charge is 0.308 e. The van der Waals surface area contributed by atoms with Gasteiger partial charge >= 0.3 is 5.69 Å². The highest BCUT2D eigenvalue weighted by Gasteiger charge is 2.27. The van der Waals surface area contributed by atoms with Gasteiger partial charge in [0.05, 0.1) is 11.6 Å². The molecular formula is C17H23ClFN5O3S. The quantitative estimate of drug-likeness (QED) is 0.739. The zero-order chi connectivity index (χ0) is 20.5. The van der Waals surface area contributed by atoms with Crippen LogP contribution in [-0.4, -0.2) is 54.3 Å². The molecule has 0 bridgehead atoms. The van der Waals surface area contributed by atoms with Crippen molar-refractivity contribution in [2.45, 2.75) is 43.3 Å². The molecule has 1 atom stereocenters. The third-order valence-electron chi connectivity index (χ3n) is 4.70. The van der Waals surface area contributed by atoms with Crippen molar-refractivity contribution in [2.24, 2.45) is 0 Å². The van der Waals surface area contributed by atoms with Crippen LogP contribution in [0.1, 0.15) is 18.7 Å². The number of fused-ring (bicyclic) bond motifs is 1. The van der Waals surface area contributed by atoms with Crippen LogP contribution in [0.25, 0.3) is 0 Å². The Hall–Kier alpha value is -1.75. The molecule has 1 N–H and O–H groups in total. The zero-order valence-electron chi connectivity index (χ0n) is 15.7. The summed E-state index contributed by atoms with van der Waals surface area (Å²) in [5.74, 6) is -0.332. The summed E-state index contributed by atoms with van der Waals surface area (Å²) in [5, 5.41) is 4.13. The summed E-state index contributed by atoms with van der Waals surface area (Å²) in [5.41, 5.74) is -0.193. The maximum atomic E-state index is 14.1. The van der Waals surface area contributed by atoms with Gasteiger partial charge in [0.15, 0.2) is 5.82 Å². The van der Waals surface area contributed by atoms with Gasteiger partial charge in [0, 0.05) is 25.6 Å². The van der Waals surface area contributed by atoms with Crippen LogP contribution in [0.3, 0.4) is 0 Å². The summed E-state index contributed by atoms with van der Waals surface area (Å²) in [6.45, 7) is 1.54. The Morgan fingerprint density at radius 1 is 1.36 bits per heavy atom. The van der Waals surface area contributed by atoms with E-state index in [1.54, 1.807) is 4.57 Å². The Morgan fingerprint density at radius 2 is 2.11 bits per heavy atom. The van der Waals surface area contributed by atoms with Gasteiger partial charge in [-0.15, -0.1) is 0 Å². The van der Waals surface area contributed by atoms with Crippen molar-refractivity contribution in [3.05, 3.63) is 45.3 Å². The monoisotopic (exact) mass is 431 g/mol. The molecule has 8 nitrogen and oxygen atoms in total.